The van der Waals surface area contributed by atoms with Crippen LogP contribution < -0.4 is 11.1 Å². The van der Waals surface area contributed by atoms with Gasteiger partial charge in [0.05, 0.1) is 12.1 Å². The average Bonchev–Trinajstić information content (AvgIpc) is 2.80. The summed E-state index contributed by atoms with van der Waals surface area (Å²) in [5.74, 6) is 0.157. The second-order valence-electron chi connectivity index (χ2n) is 4.88. The van der Waals surface area contributed by atoms with Crippen LogP contribution in [-0.4, -0.2) is 51.5 Å². The third-order valence-corrected chi connectivity index (χ3v) is 3.54. The first-order chi connectivity index (χ1) is 9.66. The molecule has 0 aliphatic carbocycles. The van der Waals surface area contributed by atoms with Crippen LogP contribution in [0, 0.1) is 0 Å². The molecule has 0 bridgehead atoms. The lowest BCUT2D eigenvalue weighted by Gasteiger charge is -2.26. The summed E-state index contributed by atoms with van der Waals surface area (Å²) in [6.45, 7) is 4.31. The Morgan fingerprint density at radius 2 is 2.15 bits per heavy atom. The minimum Gasteiger partial charge on any atom is -0.476 e. The highest BCUT2D eigenvalue weighted by molar-refractivity contribution is 5.94. The highest BCUT2D eigenvalue weighted by atomic mass is 16.4. The summed E-state index contributed by atoms with van der Waals surface area (Å²) in [4.78, 5) is 17.8. The number of rotatable bonds is 3. The lowest BCUT2D eigenvalue weighted by Crippen LogP contribution is -2.43. The summed E-state index contributed by atoms with van der Waals surface area (Å²) in [5, 5.41) is 12.5. The van der Waals surface area contributed by atoms with Gasteiger partial charge < -0.3 is 16.2 Å². The van der Waals surface area contributed by atoms with Gasteiger partial charge in [0.1, 0.15) is 11.6 Å². The summed E-state index contributed by atoms with van der Waals surface area (Å²) in [6, 6.07) is 5.23. The van der Waals surface area contributed by atoms with Gasteiger partial charge in [0.25, 0.3) is 0 Å². The van der Waals surface area contributed by atoms with E-state index in [-0.39, 0.29) is 5.69 Å². The molecule has 0 saturated carbocycles. The van der Waals surface area contributed by atoms with Crippen LogP contribution in [0.3, 0.4) is 0 Å². The number of aromatic carboxylic acids is 1. The maximum atomic E-state index is 11.3. The molecular formula is C13H17N5O2. The van der Waals surface area contributed by atoms with Gasteiger partial charge in [-0.15, -0.1) is 0 Å². The fourth-order valence-electron chi connectivity index (χ4n) is 2.57. The van der Waals surface area contributed by atoms with Gasteiger partial charge in [-0.3, -0.25) is 9.30 Å². The molecule has 0 atom stereocenters. The monoisotopic (exact) mass is 275 g/mol. The van der Waals surface area contributed by atoms with E-state index in [0.29, 0.717) is 23.7 Å². The lowest BCUT2D eigenvalue weighted by molar-refractivity contribution is 0.0693. The van der Waals surface area contributed by atoms with Crippen LogP contribution in [-0.2, 0) is 6.54 Å². The highest BCUT2D eigenvalue weighted by Gasteiger charge is 2.20. The second kappa shape index (κ2) is 5.10. The van der Waals surface area contributed by atoms with Gasteiger partial charge in [-0.25, -0.2) is 9.78 Å². The summed E-state index contributed by atoms with van der Waals surface area (Å²) >= 11 is 0. The lowest BCUT2D eigenvalue weighted by atomic mass is 10.3. The fraction of sp³-hybridized carbons (Fsp3) is 0.385. The predicted octanol–water partition coefficient (Wildman–Crippen LogP) is 0.0199. The number of carboxylic acids is 1. The van der Waals surface area contributed by atoms with Crippen molar-refractivity contribution in [2.75, 3.05) is 31.9 Å². The zero-order valence-electron chi connectivity index (χ0n) is 11.0. The van der Waals surface area contributed by atoms with E-state index in [9.17, 15) is 9.90 Å². The molecular weight excluding hydrogens is 258 g/mol. The number of imidazole rings is 1. The van der Waals surface area contributed by atoms with Crippen molar-refractivity contribution in [3.05, 3.63) is 29.7 Å². The quantitative estimate of drug-likeness (QED) is 0.731. The Labute approximate surface area is 116 Å². The van der Waals surface area contributed by atoms with Crippen LogP contribution in [0.5, 0.6) is 0 Å². The van der Waals surface area contributed by atoms with Gasteiger partial charge in [-0.2, -0.15) is 0 Å². The number of carboxylic acid groups (broad SMARTS) is 1. The summed E-state index contributed by atoms with van der Waals surface area (Å²) in [5.41, 5.74) is 6.58. The van der Waals surface area contributed by atoms with Crippen LogP contribution >= 0.6 is 0 Å². The molecule has 2 aromatic rings. The molecule has 7 nitrogen and oxygen atoms in total. The molecule has 7 heteroatoms. The first-order valence-corrected chi connectivity index (χ1v) is 6.59. The summed E-state index contributed by atoms with van der Waals surface area (Å²) < 4.78 is 1.73. The first-order valence-electron chi connectivity index (χ1n) is 6.59. The van der Waals surface area contributed by atoms with Gasteiger partial charge in [-0.05, 0) is 12.1 Å². The van der Waals surface area contributed by atoms with Crippen molar-refractivity contribution in [2.45, 2.75) is 6.54 Å². The zero-order chi connectivity index (χ0) is 14.1. The molecule has 1 saturated heterocycles. The average molecular weight is 275 g/mol. The zero-order valence-corrected chi connectivity index (χ0v) is 11.0. The van der Waals surface area contributed by atoms with Crippen molar-refractivity contribution in [2.24, 2.45) is 0 Å². The molecule has 3 rings (SSSR count). The molecule has 3 heterocycles. The van der Waals surface area contributed by atoms with Crippen LogP contribution in [0.25, 0.3) is 5.52 Å². The van der Waals surface area contributed by atoms with Crippen molar-refractivity contribution in [1.82, 2.24) is 19.6 Å². The standard InChI is InChI=1S/C13H17N5O2/c14-10-3-1-2-9-12(13(19)20)16-11(18(9)10)8-17-6-4-15-5-7-17/h1-3,15H,4-8,14H2,(H,19,20). The van der Waals surface area contributed by atoms with Crippen LogP contribution in [0.15, 0.2) is 18.2 Å². The molecule has 0 unspecified atom stereocenters. The Morgan fingerprint density at radius 3 is 2.85 bits per heavy atom. The number of pyridine rings is 1. The van der Waals surface area contributed by atoms with Gasteiger partial charge in [0, 0.05) is 26.2 Å². The highest BCUT2D eigenvalue weighted by Crippen LogP contribution is 2.19. The third-order valence-electron chi connectivity index (χ3n) is 3.54. The van der Waals surface area contributed by atoms with E-state index in [1.54, 1.807) is 22.6 Å². The van der Waals surface area contributed by atoms with Crippen molar-refractivity contribution >= 4 is 17.3 Å². The Hall–Kier alpha value is -2.12. The Bertz CT molecular complexity index is 645. The van der Waals surface area contributed by atoms with Gasteiger partial charge in [0.2, 0.25) is 0 Å². The molecule has 4 N–H and O–H groups in total. The van der Waals surface area contributed by atoms with Gasteiger partial charge in [-0.1, -0.05) is 6.07 Å². The minimum absolute atomic E-state index is 0.0578. The molecule has 1 aliphatic rings. The van der Waals surface area contributed by atoms with E-state index < -0.39 is 5.97 Å². The maximum absolute atomic E-state index is 11.3. The van der Waals surface area contributed by atoms with Crippen LogP contribution in [0.4, 0.5) is 5.82 Å². The Balaban J connectivity index is 2.03. The van der Waals surface area contributed by atoms with Crippen molar-refractivity contribution in [1.29, 1.82) is 0 Å². The number of nitrogens with two attached hydrogens (primary N) is 1. The molecule has 20 heavy (non-hydrogen) atoms. The van der Waals surface area contributed by atoms with E-state index in [2.05, 4.69) is 15.2 Å². The topological polar surface area (TPSA) is 95.9 Å². The summed E-state index contributed by atoms with van der Waals surface area (Å²) in [7, 11) is 0. The fourth-order valence-corrected chi connectivity index (χ4v) is 2.57. The van der Waals surface area contributed by atoms with Crippen molar-refractivity contribution in [3.63, 3.8) is 0 Å². The third kappa shape index (κ3) is 2.21. The number of nitrogens with one attached hydrogen (secondary N) is 1. The SMILES string of the molecule is Nc1cccc2c(C(=O)O)nc(CN3CCNCC3)n12. The summed E-state index contributed by atoms with van der Waals surface area (Å²) in [6.07, 6.45) is 0. The van der Waals surface area contributed by atoms with Crippen molar-refractivity contribution < 1.29 is 9.90 Å². The van der Waals surface area contributed by atoms with Crippen LogP contribution in [0.1, 0.15) is 16.3 Å². The number of nitrogen functional groups attached to an aromatic ring is 1. The van der Waals surface area contributed by atoms with Gasteiger partial charge in [0.15, 0.2) is 5.69 Å². The number of aromatic nitrogens is 2. The molecule has 0 aromatic carbocycles. The van der Waals surface area contributed by atoms with Crippen LogP contribution in [0.2, 0.25) is 0 Å². The Morgan fingerprint density at radius 1 is 1.40 bits per heavy atom. The van der Waals surface area contributed by atoms with Crippen molar-refractivity contribution in [3.8, 4) is 0 Å². The number of carbonyl (C=O) groups is 1. The smallest absolute Gasteiger partial charge is 0.356 e. The maximum Gasteiger partial charge on any atom is 0.356 e. The number of fused-ring (bicyclic) bond motifs is 1. The largest absolute Gasteiger partial charge is 0.476 e. The predicted molar refractivity (Wildman–Crippen MR) is 74.7 cm³/mol. The molecule has 1 aliphatic heterocycles. The van der Waals surface area contributed by atoms with E-state index >= 15 is 0 Å². The van der Waals surface area contributed by atoms with E-state index in [1.807, 2.05) is 0 Å². The second-order valence-corrected chi connectivity index (χ2v) is 4.88. The molecule has 106 valence electrons. The molecule has 0 amide bonds. The molecule has 0 radical (unpaired) electrons. The van der Waals surface area contributed by atoms with Gasteiger partial charge >= 0.3 is 5.97 Å². The van der Waals surface area contributed by atoms with E-state index in [4.69, 9.17) is 5.73 Å². The van der Waals surface area contributed by atoms with E-state index in [0.717, 1.165) is 26.2 Å². The molecule has 2 aromatic heterocycles. The number of hydrogen-bond acceptors (Lipinski definition) is 5. The normalized spacial score (nSPS) is 16.6. The number of hydrogen-bond donors (Lipinski definition) is 3. The van der Waals surface area contributed by atoms with E-state index in [1.165, 1.54) is 0 Å². The molecule has 1 fully saturated rings. The Kier molecular flexibility index (Phi) is 3.29. The molecule has 0 spiro atoms. The number of nitrogens with zero attached hydrogens (tertiary/aromatic N) is 3. The number of piperazine rings is 1. The minimum atomic E-state index is -1.03. The number of anilines is 1. The first kappa shape index (κ1) is 12.9.